The summed E-state index contributed by atoms with van der Waals surface area (Å²) < 4.78 is 7.42. The summed E-state index contributed by atoms with van der Waals surface area (Å²) in [6.45, 7) is 4.20. The van der Waals surface area contributed by atoms with Crippen LogP contribution in [0.25, 0.3) is 28.0 Å². The molecule has 0 radical (unpaired) electrons. The molecule has 0 spiro atoms. The van der Waals surface area contributed by atoms with Crippen molar-refractivity contribution in [1.82, 2.24) is 35.0 Å². The standard InChI is InChI=1S/C20H21N7OS/c1-13-18(29-17(24-13)10-14-2-5-21-6-3-14)20-25-19(26-28-20)15-4-7-23-16(11-15)27-9-8-22-12-27/h4,7-9,11-12,14,21H,2-3,5-6,10H2,1H3. The molecule has 0 saturated carbocycles. The fraction of sp³-hybridized carbons (Fsp3) is 0.350. The molecule has 5 heterocycles. The molecule has 0 unspecified atom stereocenters. The first-order valence-corrected chi connectivity index (χ1v) is 10.5. The summed E-state index contributed by atoms with van der Waals surface area (Å²) in [4.78, 5) is 18.8. The second-order valence-corrected chi connectivity index (χ2v) is 8.30. The minimum atomic E-state index is 0.521. The predicted molar refractivity (Wildman–Crippen MR) is 110 cm³/mol. The van der Waals surface area contributed by atoms with Gasteiger partial charge in [-0.05, 0) is 50.9 Å². The molecule has 1 saturated heterocycles. The van der Waals surface area contributed by atoms with E-state index in [0.717, 1.165) is 46.5 Å². The smallest absolute Gasteiger partial charge is 0.270 e. The number of hydrogen-bond acceptors (Lipinski definition) is 8. The lowest BCUT2D eigenvalue weighted by Crippen LogP contribution is -2.28. The first-order chi connectivity index (χ1) is 14.3. The van der Waals surface area contributed by atoms with Crippen LogP contribution in [0.1, 0.15) is 23.5 Å². The summed E-state index contributed by atoms with van der Waals surface area (Å²) in [5, 5.41) is 8.75. The molecule has 1 aliphatic rings. The van der Waals surface area contributed by atoms with Crippen molar-refractivity contribution in [2.75, 3.05) is 13.1 Å². The monoisotopic (exact) mass is 407 g/mol. The van der Waals surface area contributed by atoms with E-state index in [9.17, 15) is 0 Å². The highest BCUT2D eigenvalue weighted by Crippen LogP contribution is 2.32. The minimum absolute atomic E-state index is 0.521. The van der Waals surface area contributed by atoms with Crippen molar-refractivity contribution in [3.05, 3.63) is 47.8 Å². The van der Waals surface area contributed by atoms with Crippen LogP contribution in [0, 0.1) is 12.8 Å². The molecule has 0 aliphatic carbocycles. The van der Waals surface area contributed by atoms with Gasteiger partial charge in [-0.1, -0.05) is 5.16 Å². The van der Waals surface area contributed by atoms with Crippen LogP contribution < -0.4 is 5.32 Å². The Labute approximate surface area is 172 Å². The zero-order chi connectivity index (χ0) is 19.6. The van der Waals surface area contributed by atoms with Crippen molar-refractivity contribution in [3.63, 3.8) is 0 Å². The van der Waals surface area contributed by atoms with Gasteiger partial charge in [-0.15, -0.1) is 11.3 Å². The van der Waals surface area contributed by atoms with Crippen molar-refractivity contribution < 1.29 is 4.52 Å². The van der Waals surface area contributed by atoms with E-state index < -0.39 is 0 Å². The Morgan fingerprint density at radius 3 is 2.97 bits per heavy atom. The first-order valence-electron chi connectivity index (χ1n) is 9.72. The predicted octanol–water partition coefficient (Wildman–Crippen LogP) is 3.29. The van der Waals surface area contributed by atoms with Gasteiger partial charge in [0, 0.05) is 30.6 Å². The summed E-state index contributed by atoms with van der Waals surface area (Å²) in [7, 11) is 0. The highest BCUT2D eigenvalue weighted by Gasteiger charge is 2.20. The zero-order valence-corrected chi connectivity index (χ0v) is 16.9. The summed E-state index contributed by atoms with van der Waals surface area (Å²) in [5.41, 5.74) is 1.79. The van der Waals surface area contributed by atoms with Gasteiger partial charge in [0.2, 0.25) is 5.82 Å². The summed E-state index contributed by atoms with van der Waals surface area (Å²) in [5.74, 6) is 2.51. The zero-order valence-electron chi connectivity index (χ0n) is 16.1. The van der Waals surface area contributed by atoms with Gasteiger partial charge in [0.05, 0.1) is 10.7 Å². The van der Waals surface area contributed by atoms with E-state index >= 15 is 0 Å². The van der Waals surface area contributed by atoms with Crippen LogP contribution in [0.2, 0.25) is 0 Å². The van der Waals surface area contributed by atoms with Crippen molar-refractivity contribution >= 4 is 11.3 Å². The molecule has 5 rings (SSSR count). The number of rotatable bonds is 5. The Hall–Kier alpha value is -2.91. The molecule has 1 aliphatic heterocycles. The van der Waals surface area contributed by atoms with Crippen LogP contribution in [0.15, 0.2) is 41.6 Å². The van der Waals surface area contributed by atoms with Crippen molar-refractivity contribution in [2.45, 2.75) is 26.2 Å². The third-order valence-corrected chi connectivity index (χ3v) is 6.32. The molecule has 0 bridgehead atoms. The molecule has 1 N–H and O–H groups in total. The molecule has 0 amide bonds. The van der Waals surface area contributed by atoms with Crippen molar-refractivity contribution in [2.24, 2.45) is 5.92 Å². The fourth-order valence-corrected chi connectivity index (χ4v) is 4.70. The number of aromatic nitrogens is 6. The van der Waals surface area contributed by atoms with E-state index in [1.54, 1.807) is 30.1 Å². The van der Waals surface area contributed by atoms with Gasteiger partial charge in [0.15, 0.2) is 0 Å². The van der Waals surface area contributed by atoms with Crippen LogP contribution in [-0.4, -0.2) is 42.7 Å². The fourth-order valence-electron chi connectivity index (χ4n) is 3.60. The highest BCUT2D eigenvalue weighted by atomic mass is 32.1. The number of pyridine rings is 1. The van der Waals surface area contributed by atoms with Crippen LogP contribution in [0.4, 0.5) is 0 Å². The lowest BCUT2D eigenvalue weighted by Gasteiger charge is -2.21. The molecule has 9 heteroatoms. The van der Waals surface area contributed by atoms with Crippen LogP contribution in [-0.2, 0) is 6.42 Å². The van der Waals surface area contributed by atoms with E-state index in [0.29, 0.717) is 17.6 Å². The first kappa shape index (κ1) is 18.1. The Balaban J connectivity index is 1.38. The number of nitrogens with one attached hydrogen (secondary N) is 1. The second kappa shape index (κ2) is 7.84. The lowest BCUT2D eigenvalue weighted by atomic mass is 9.95. The summed E-state index contributed by atoms with van der Waals surface area (Å²) in [6.07, 6.45) is 10.4. The second-order valence-electron chi connectivity index (χ2n) is 7.22. The maximum Gasteiger partial charge on any atom is 0.270 e. The third kappa shape index (κ3) is 3.83. The number of piperidine rings is 1. The summed E-state index contributed by atoms with van der Waals surface area (Å²) in [6, 6.07) is 3.79. The minimum Gasteiger partial charge on any atom is -0.333 e. The molecule has 4 aromatic rings. The number of thiazole rings is 1. The molecule has 148 valence electrons. The number of aryl methyl sites for hydroxylation is 1. The van der Waals surface area contributed by atoms with Gasteiger partial charge >= 0.3 is 0 Å². The van der Waals surface area contributed by atoms with Gasteiger partial charge in [-0.3, -0.25) is 4.57 Å². The molecule has 1 fully saturated rings. The van der Waals surface area contributed by atoms with Gasteiger partial charge < -0.3 is 9.84 Å². The van der Waals surface area contributed by atoms with Crippen molar-refractivity contribution in [1.29, 1.82) is 0 Å². The Kier molecular flexibility index (Phi) is 4.91. The third-order valence-electron chi connectivity index (χ3n) is 5.16. The van der Waals surface area contributed by atoms with Crippen molar-refractivity contribution in [3.8, 4) is 28.0 Å². The lowest BCUT2D eigenvalue weighted by molar-refractivity contribution is 0.372. The molecule has 0 atom stereocenters. The molecule has 29 heavy (non-hydrogen) atoms. The SMILES string of the molecule is Cc1nc(CC2CCNCC2)sc1-c1nc(-c2ccnc(-n3ccnc3)c2)no1. The van der Waals surface area contributed by atoms with Crippen LogP contribution >= 0.6 is 11.3 Å². The normalized spacial score (nSPS) is 15.1. The maximum absolute atomic E-state index is 5.58. The van der Waals surface area contributed by atoms with Crippen LogP contribution in [0.3, 0.4) is 0 Å². The average Bonchev–Trinajstić information content (AvgIpc) is 3.50. The molecular formula is C20H21N7OS. The summed E-state index contributed by atoms with van der Waals surface area (Å²) >= 11 is 1.66. The Bertz CT molecular complexity index is 1100. The number of imidazole rings is 1. The van der Waals surface area contributed by atoms with Gasteiger partial charge in [0.25, 0.3) is 5.89 Å². The number of nitrogens with zero attached hydrogens (tertiary/aromatic N) is 6. The molecular weight excluding hydrogens is 386 g/mol. The van der Waals surface area contributed by atoms with Crippen LogP contribution in [0.5, 0.6) is 0 Å². The van der Waals surface area contributed by atoms with E-state index in [1.165, 1.54) is 12.8 Å². The molecule has 4 aromatic heterocycles. The van der Waals surface area contributed by atoms with E-state index in [4.69, 9.17) is 9.51 Å². The van der Waals surface area contributed by atoms with Gasteiger partial charge in [-0.2, -0.15) is 4.98 Å². The molecule has 8 nitrogen and oxygen atoms in total. The van der Waals surface area contributed by atoms with E-state index in [-0.39, 0.29) is 0 Å². The van der Waals surface area contributed by atoms with E-state index in [2.05, 4.69) is 25.4 Å². The average molecular weight is 408 g/mol. The topological polar surface area (TPSA) is 94.6 Å². The van der Waals surface area contributed by atoms with Gasteiger partial charge in [-0.25, -0.2) is 15.0 Å². The number of hydrogen-bond donors (Lipinski definition) is 1. The molecule has 0 aromatic carbocycles. The van der Waals surface area contributed by atoms with E-state index in [1.807, 2.05) is 29.8 Å². The largest absolute Gasteiger partial charge is 0.333 e. The Morgan fingerprint density at radius 1 is 1.24 bits per heavy atom. The maximum atomic E-state index is 5.58. The quantitative estimate of drug-likeness (QED) is 0.542. The Morgan fingerprint density at radius 2 is 2.14 bits per heavy atom. The highest BCUT2D eigenvalue weighted by molar-refractivity contribution is 7.15. The van der Waals surface area contributed by atoms with Gasteiger partial charge in [0.1, 0.15) is 17.0 Å².